The lowest BCUT2D eigenvalue weighted by Crippen LogP contribution is -2.12. The highest BCUT2D eigenvalue weighted by Crippen LogP contribution is 2.16. The molecule has 0 aromatic carbocycles. The Kier molecular flexibility index (Phi) is 6.30. The summed E-state index contributed by atoms with van der Waals surface area (Å²) in [5.74, 6) is 0.0935. The summed E-state index contributed by atoms with van der Waals surface area (Å²) in [7, 11) is 0. The van der Waals surface area contributed by atoms with Crippen LogP contribution in [0, 0.1) is 17.2 Å². The van der Waals surface area contributed by atoms with Crippen LogP contribution in [0.1, 0.15) is 38.2 Å². The van der Waals surface area contributed by atoms with Crippen LogP contribution in [0.4, 0.5) is 5.82 Å². The van der Waals surface area contributed by atoms with Gasteiger partial charge in [0, 0.05) is 13.0 Å². The molecule has 102 valence electrons. The lowest BCUT2D eigenvalue weighted by molar-refractivity contribution is -0.137. The summed E-state index contributed by atoms with van der Waals surface area (Å²) in [6.07, 6.45) is 4.16. The van der Waals surface area contributed by atoms with E-state index in [0.29, 0.717) is 30.3 Å². The fourth-order valence-corrected chi connectivity index (χ4v) is 1.83. The first-order chi connectivity index (χ1) is 9.17. The average molecular weight is 262 g/mol. The number of carboxylic acid groups (broad SMARTS) is 1. The second-order valence-electron chi connectivity index (χ2n) is 4.33. The van der Waals surface area contributed by atoms with E-state index in [1.807, 2.05) is 6.07 Å². The van der Waals surface area contributed by atoms with E-state index in [1.165, 1.54) is 6.20 Å². The summed E-state index contributed by atoms with van der Waals surface area (Å²) in [5.41, 5.74) is 0.466. The van der Waals surface area contributed by atoms with E-state index in [0.717, 1.165) is 12.8 Å². The quantitative estimate of drug-likeness (QED) is 0.743. The standard InChI is InChI=1S/C13H18N4O2/c1-2-10(3-4-12(18)19)5-7-15-13-11(9-14)6-8-16-17-13/h6,8,10H,2-5,7H2,1H3,(H,15,17)(H,18,19). The Morgan fingerprint density at radius 1 is 1.58 bits per heavy atom. The fourth-order valence-electron chi connectivity index (χ4n) is 1.83. The zero-order valence-electron chi connectivity index (χ0n) is 11.0. The van der Waals surface area contributed by atoms with Crippen LogP contribution in [0.25, 0.3) is 0 Å². The van der Waals surface area contributed by atoms with Crippen molar-refractivity contribution in [2.45, 2.75) is 32.6 Å². The maximum atomic E-state index is 10.5. The summed E-state index contributed by atoms with van der Waals surface area (Å²) in [4.78, 5) is 10.5. The molecule has 1 unspecified atom stereocenters. The number of nitrogens with zero attached hydrogens (tertiary/aromatic N) is 3. The van der Waals surface area contributed by atoms with E-state index < -0.39 is 5.97 Å². The minimum Gasteiger partial charge on any atom is -0.481 e. The molecule has 0 aliphatic heterocycles. The van der Waals surface area contributed by atoms with Crippen molar-refractivity contribution in [3.05, 3.63) is 17.8 Å². The summed E-state index contributed by atoms with van der Waals surface area (Å²) >= 11 is 0. The highest BCUT2D eigenvalue weighted by molar-refractivity contribution is 5.66. The monoisotopic (exact) mass is 262 g/mol. The molecule has 0 saturated carbocycles. The number of hydrogen-bond acceptors (Lipinski definition) is 5. The van der Waals surface area contributed by atoms with Gasteiger partial charge in [0.2, 0.25) is 0 Å². The summed E-state index contributed by atoms with van der Waals surface area (Å²) in [6.45, 7) is 2.71. The van der Waals surface area contributed by atoms with Crippen molar-refractivity contribution in [2.75, 3.05) is 11.9 Å². The molecule has 0 bridgehead atoms. The van der Waals surface area contributed by atoms with Crippen LogP contribution in [0.5, 0.6) is 0 Å². The van der Waals surface area contributed by atoms with Crippen molar-refractivity contribution >= 4 is 11.8 Å². The van der Waals surface area contributed by atoms with Crippen LogP contribution in [-0.4, -0.2) is 27.8 Å². The van der Waals surface area contributed by atoms with E-state index in [4.69, 9.17) is 10.4 Å². The second-order valence-corrected chi connectivity index (χ2v) is 4.33. The Morgan fingerprint density at radius 3 is 3.00 bits per heavy atom. The first-order valence-corrected chi connectivity index (χ1v) is 6.34. The topological polar surface area (TPSA) is 98.9 Å². The minimum atomic E-state index is -0.757. The van der Waals surface area contributed by atoms with Gasteiger partial charge in [-0.1, -0.05) is 13.3 Å². The van der Waals surface area contributed by atoms with Crippen LogP contribution in [-0.2, 0) is 4.79 Å². The van der Waals surface area contributed by atoms with E-state index in [9.17, 15) is 4.79 Å². The van der Waals surface area contributed by atoms with Gasteiger partial charge in [0.1, 0.15) is 6.07 Å². The number of aliphatic carboxylic acids is 1. The van der Waals surface area contributed by atoms with Gasteiger partial charge in [-0.05, 0) is 24.8 Å². The van der Waals surface area contributed by atoms with Crippen molar-refractivity contribution in [1.82, 2.24) is 10.2 Å². The zero-order valence-corrected chi connectivity index (χ0v) is 11.0. The molecule has 1 aromatic rings. The van der Waals surface area contributed by atoms with Crippen molar-refractivity contribution < 1.29 is 9.90 Å². The van der Waals surface area contributed by atoms with Crippen LogP contribution in [0.3, 0.4) is 0 Å². The molecule has 1 heterocycles. The van der Waals surface area contributed by atoms with Crippen molar-refractivity contribution in [1.29, 1.82) is 5.26 Å². The molecule has 0 fully saturated rings. The molecule has 1 atom stereocenters. The first kappa shape index (κ1) is 14.9. The molecular weight excluding hydrogens is 244 g/mol. The average Bonchev–Trinajstić information content (AvgIpc) is 2.42. The van der Waals surface area contributed by atoms with Gasteiger partial charge in [0.15, 0.2) is 5.82 Å². The normalized spacial score (nSPS) is 11.6. The van der Waals surface area contributed by atoms with Crippen LogP contribution < -0.4 is 5.32 Å². The Hall–Kier alpha value is -2.16. The number of carboxylic acids is 1. The van der Waals surface area contributed by atoms with Gasteiger partial charge >= 0.3 is 5.97 Å². The Balaban J connectivity index is 2.40. The second kappa shape index (κ2) is 8.03. The maximum absolute atomic E-state index is 10.5. The predicted octanol–water partition coefficient (Wildman–Crippen LogP) is 2.04. The smallest absolute Gasteiger partial charge is 0.303 e. The highest BCUT2D eigenvalue weighted by atomic mass is 16.4. The highest BCUT2D eigenvalue weighted by Gasteiger charge is 2.09. The number of aromatic nitrogens is 2. The molecule has 19 heavy (non-hydrogen) atoms. The van der Waals surface area contributed by atoms with Gasteiger partial charge in [-0.2, -0.15) is 10.4 Å². The van der Waals surface area contributed by atoms with Gasteiger partial charge in [-0.3, -0.25) is 4.79 Å². The maximum Gasteiger partial charge on any atom is 0.303 e. The third-order valence-electron chi connectivity index (χ3n) is 3.03. The minimum absolute atomic E-state index is 0.201. The molecular formula is C13H18N4O2. The van der Waals surface area contributed by atoms with Gasteiger partial charge in [0.25, 0.3) is 0 Å². The van der Waals surface area contributed by atoms with E-state index in [-0.39, 0.29) is 6.42 Å². The van der Waals surface area contributed by atoms with E-state index >= 15 is 0 Å². The molecule has 0 amide bonds. The largest absolute Gasteiger partial charge is 0.481 e. The number of anilines is 1. The molecule has 6 nitrogen and oxygen atoms in total. The van der Waals surface area contributed by atoms with Crippen LogP contribution in [0.15, 0.2) is 12.3 Å². The van der Waals surface area contributed by atoms with E-state index in [2.05, 4.69) is 22.4 Å². The number of hydrogen-bond donors (Lipinski definition) is 2. The van der Waals surface area contributed by atoms with E-state index in [1.54, 1.807) is 6.07 Å². The third-order valence-corrected chi connectivity index (χ3v) is 3.03. The number of rotatable bonds is 8. The van der Waals surface area contributed by atoms with Gasteiger partial charge in [-0.25, -0.2) is 0 Å². The Bertz CT molecular complexity index is 456. The zero-order chi connectivity index (χ0) is 14.1. The van der Waals surface area contributed by atoms with Crippen LogP contribution in [0.2, 0.25) is 0 Å². The molecule has 0 saturated heterocycles. The van der Waals surface area contributed by atoms with Gasteiger partial charge in [0.05, 0.1) is 11.8 Å². The molecule has 0 radical (unpaired) electrons. The Morgan fingerprint density at radius 2 is 2.37 bits per heavy atom. The van der Waals surface area contributed by atoms with Gasteiger partial charge < -0.3 is 10.4 Å². The Labute approximate surface area is 112 Å². The number of nitrogens with one attached hydrogen (secondary N) is 1. The molecule has 0 aliphatic rings. The third kappa shape index (κ3) is 5.34. The number of carbonyl (C=O) groups is 1. The molecule has 0 aliphatic carbocycles. The van der Waals surface area contributed by atoms with Crippen molar-refractivity contribution in [3.8, 4) is 6.07 Å². The number of nitriles is 1. The van der Waals surface area contributed by atoms with Crippen molar-refractivity contribution in [2.24, 2.45) is 5.92 Å². The molecule has 0 spiro atoms. The molecule has 2 N–H and O–H groups in total. The summed E-state index contributed by atoms with van der Waals surface area (Å²) < 4.78 is 0. The summed E-state index contributed by atoms with van der Waals surface area (Å²) in [5, 5.41) is 28.2. The first-order valence-electron chi connectivity index (χ1n) is 6.34. The van der Waals surface area contributed by atoms with Crippen molar-refractivity contribution in [3.63, 3.8) is 0 Å². The van der Waals surface area contributed by atoms with Crippen LogP contribution >= 0.6 is 0 Å². The molecule has 6 heteroatoms. The fraction of sp³-hybridized carbons (Fsp3) is 0.538. The van der Waals surface area contributed by atoms with Gasteiger partial charge in [-0.15, -0.1) is 5.10 Å². The SMILES string of the molecule is CCC(CCNc1nnccc1C#N)CCC(=O)O. The summed E-state index contributed by atoms with van der Waals surface area (Å²) in [6, 6.07) is 3.65. The predicted molar refractivity (Wildman–Crippen MR) is 70.5 cm³/mol. The molecule has 1 aromatic heterocycles. The lowest BCUT2D eigenvalue weighted by Gasteiger charge is -2.14. The lowest BCUT2D eigenvalue weighted by atomic mass is 9.96. The molecule has 1 rings (SSSR count).